The summed E-state index contributed by atoms with van der Waals surface area (Å²) in [4.78, 5) is 20.6. The van der Waals surface area contributed by atoms with Crippen molar-refractivity contribution in [1.29, 1.82) is 0 Å². The van der Waals surface area contributed by atoms with E-state index in [4.69, 9.17) is 31.3 Å². The van der Waals surface area contributed by atoms with Crippen LogP contribution < -0.4 is 10.1 Å². The molecule has 2 rings (SSSR count). The molecular formula is C17H24ClNO5. The van der Waals surface area contributed by atoms with Crippen molar-refractivity contribution < 1.29 is 24.5 Å². The molecule has 134 valence electrons. The van der Waals surface area contributed by atoms with Crippen LogP contribution in [0, 0.1) is 5.92 Å². The molecule has 0 heterocycles. The largest absolute Gasteiger partial charge is 0.503 e. The number of amides is 1. The Morgan fingerprint density at radius 3 is 2.54 bits per heavy atom. The third-order valence-electron chi connectivity index (χ3n) is 3.91. The van der Waals surface area contributed by atoms with Crippen molar-refractivity contribution in [3.63, 3.8) is 0 Å². The summed E-state index contributed by atoms with van der Waals surface area (Å²) in [5.41, 5.74) is 0.842. The van der Waals surface area contributed by atoms with Crippen LogP contribution >= 0.6 is 11.6 Å². The number of ether oxygens (including phenoxy) is 1. The standard InChI is InChI=1S/C16H22ClNO2.CH2O3/c1-11-4-3-5-13(8-11)18-16(19)9-12-6-7-14(20-2)10-15(12)17;2-1(3)4/h6-7,10-11,13H,3-5,8-9H2,1-2H3,(H,18,19);(H2,2,3,4). The zero-order valence-corrected chi connectivity index (χ0v) is 14.7. The van der Waals surface area contributed by atoms with E-state index in [9.17, 15) is 4.79 Å². The second-order valence-electron chi connectivity index (χ2n) is 5.95. The van der Waals surface area contributed by atoms with Crippen LogP contribution in [0.3, 0.4) is 0 Å². The quantitative estimate of drug-likeness (QED) is 0.761. The molecule has 0 bridgehead atoms. The minimum atomic E-state index is -1.83. The molecule has 0 spiro atoms. The van der Waals surface area contributed by atoms with E-state index in [-0.39, 0.29) is 5.91 Å². The SMILES string of the molecule is COc1ccc(CC(=O)NC2CCCC(C)C2)c(Cl)c1.O=C(O)O. The number of hydrogen-bond donors (Lipinski definition) is 3. The molecule has 3 N–H and O–H groups in total. The van der Waals surface area contributed by atoms with Crippen molar-refractivity contribution in [1.82, 2.24) is 5.32 Å². The van der Waals surface area contributed by atoms with Crippen LogP contribution in [0.1, 0.15) is 38.2 Å². The highest BCUT2D eigenvalue weighted by molar-refractivity contribution is 6.31. The second kappa shape index (κ2) is 10.0. The number of halogens is 1. The van der Waals surface area contributed by atoms with Gasteiger partial charge >= 0.3 is 6.16 Å². The molecule has 0 aliphatic heterocycles. The molecule has 0 aromatic heterocycles. The number of carboxylic acid groups (broad SMARTS) is 2. The average Bonchev–Trinajstić information content (AvgIpc) is 2.48. The lowest BCUT2D eigenvalue weighted by molar-refractivity contribution is -0.121. The normalized spacial score (nSPS) is 19.6. The van der Waals surface area contributed by atoms with Crippen LogP contribution in [-0.2, 0) is 11.2 Å². The van der Waals surface area contributed by atoms with Gasteiger partial charge in [0.25, 0.3) is 0 Å². The molecule has 1 amide bonds. The van der Waals surface area contributed by atoms with E-state index in [1.165, 1.54) is 12.8 Å². The molecule has 0 radical (unpaired) electrons. The van der Waals surface area contributed by atoms with Gasteiger partial charge in [-0.15, -0.1) is 0 Å². The molecule has 2 atom stereocenters. The number of nitrogens with one attached hydrogen (secondary N) is 1. The maximum atomic E-state index is 12.1. The van der Waals surface area contributed by atoms with Crippen LogP contribution in [0.4, 0.5) is 4.79 Å². The van der Waals surface area contributed by atoms with Crippen molar-refractivity contribution in [2.45, 2.75) is 45.1 Å². The summed E-state index contributed by atoms with van der Waals surface area (Å²) in [5, 5.41) is 17.6. The zero-order chi connectivity index (χ0) is 18.1. The van der Waals surface area contributed by atoms with Gasteiger partial charge in [-0.2, -0.15) is 0 Å². The number of hydrogen-bond acceptors (Lipinski definition) is 3. The highest BCUT2D eigenvalue weighted by Crippen LogP contribution is 2.25. The highest BCUT2D eigenvalue weighted by Gasteiger charge is 2.20. The Kier molecular flexibility index (Phi) is 8.40. The monoisotopic (exact) mass is 357 g/mol. The van der Waals surface area contributed by atoms with Crippen molar-refractivity contribution in [3.8, 4) is 5.75 Å². The van der Waals surface area contributed by atoms with Crippen LogP contribution in [0.25, 0.3) is 0 Å². The van der Waals surface area contributed by atoms with Gasteiger partial charge in [0.15, 0.2) is 0 Å². The van der Waals surface area contributed by atoms with Gasteiger partial charge in [0, 0.05) is 11.1 Å². The first-order chi connectivity index (χ1) is 11.3. The maximum Gasteiger partial charge on any atom is 0.503 e. The topological polar surface area (TPSA) is 95.9 Å². The molecule has 24 heavy (non-hydrogen) atoms. The molecule has 1 saturated carbocycles. The summed E-state index contributed by atoms with van der Waals surface area (Å²) in [6.45, 7) is 2.25. The van der Waals surface area contributed by atoms with Crippen molar-refractivity contribution >= 4 is 23.7 Å². The zero-order valence-electron chi connectivity index (χ0n) is 13.9. The summed E-state index contributed by atoms with van der Waals surface area (Å²) >= 11 is 6.16. The van der Waals surface area contributed by atoms with E-state index >= 15 is 0 Å². The summed E-state index contributed by atoms with van der Waals surface area (Å²) in [6.07, 6.45) is 3.15. The highest BCUT2D eigenvalue weighted by atomic mass is 35.5. The lowest BCUT2D eigenvalue weighted by atomic mass is 9.87. The number of carbonyl (C=O) groups is 2. The lowest BCUT2D eigenvalue weighted by Crippen LogP contribution is -2.38. The first-order valence-electron chi connectivity index (χ1n) is 7.85. The first-order valence-corrected chi connectivity index (χ1v) is 8.23. The predicted molar refractivity (Wildman–Crippen MR) is 91.9 cm³/mol. The van der Waals surface area contributed by atoms with Crippen molar-refractivity contribution in [3.05, 3.63) is 28.8 Å². The molecule has 1 aromatic carbocycles. The molecule has 1 aromatic rings. The fourth-order valence-corrected chi connectivity index (χ4v) is 3.05. The lowest BCUT2D eigenvalue weighted by Gasteiger charge is -2.27. The minimum absolute atomic E-state index is 0.0520. The van der Waals surface area contributed by atoms with Crippen molar-refractivity contribution in [2.75, 3.05) is 7.11 Å². The Balaban J connectivity index is 0.000000648. The molecule has 1 fully saturated rings. The number of methoxy groups -OCH3 is 1. The first kappa shape index (κ1) is 20.1. The van der Waals surface area contributed by atoms with Gasteiger partial charge in [-0.25, -0.2) is 4.79 Å². The third kappa shape index (κ3) is 7.55. The van der Waals surface area contributed by atoms with E-state index in [1.807, 2.05) is 12.1 Å². The third-order valence-corrected chi connectivity index (χ3v) is 4.26. The Labute approximate surface area is 146 Å². The number of benzene rings is 1. The van der Waals surface area contributed by atoms with E-state index in [1.54, 1.807) is 13.2 Å². The van der Waals surface area contributed by atoms with Crippen LogP contribution in [0.5, 0.6) is 5.75 Å². The van der Waals surface area contributed by atoms with Gasteiger partial charge in [0.1, 0.15) is 5.75 Å². The van der Waals surface area contributed by atoms with Gasteiger partial charge in [-0.1, -0.05) is 37.4 Å². The van der Waals surface area contributed by atoms with Crippen LogP contribution in [0.15, 0.2) is 18.2 Å². The molecule has 1 aliphatic carbocycles. The fourth-order valence-electron chi connectivity index (χ4n) is 2.82. The van der Waals surface area contributed by atoms with Gasteiger partial charge in [-0.3, -0.25) is 4.79 Å². The Bertz CT molecular complexity index is 560. The van der Waals surface area contributed by atoms with Gasteiger partial charge in [0.2, 0.25) is 5.91 Å². The Morgan fingerprint density at radius 2 is 2.00 bits per heavy atom. The summed E-state index contributed by atoms with van der Waals surface area (Å²) in [5.74, 6) is 1.47. The van der Waals surface area contributed by atoms with E-state index < -0.39 is 6.16 Å². The van der Waals surface area contributed by atoms with E-state index in [0.29, 0.717) is 29.2 Å². The fraction of sp³-hybridized carbons (Fsp3) is 0.529. The van der Waals surface area contributed by atoms with Gasteiger partial charge < -0.3 is 20.3 Å². The smallest absolute Gasteiger partial charge is 0.497 e. The summed E-state index contributed by atoms with van der Waals surface area (Å²) in [6, 6.07) is 5.75. The molecule has 1 aliphatic rings. The molecular weight excluding hydrogens is 334 g/mol. The van der Waals surface area contributed by atoms with Gasteiger partial charge in [0.05, 0.1) is 13.5 Å². The summed E-state index contributed by atoms with van der Waals surface area (Å²) < 4.78 is 5.10. The predicted octanol–water partition coefficient (Wildman–Crippen LogP) is 3.81. The molecule has 6 nitrogen and oxygen atoms in total. The van der Waals surface area contributed by atoms with Crippen molar-refractivity contribution in [2.24, 2.45) is 5.92 Å². The molecule has 0 saturated heterocycles. The van der Waals surface area contributed by atoms with Gasteiger partial charge in [-0.05, 0) is 36.5 Å². The summed E-state index contributed by atoms with van der Waals surface area (Å²) in [7, 11) is 1.60. The Morgan fingerprint density at radius 1 is 1.33 bits per heavy atom. The average molecular weight is 358 g/mol. The second-order valence-corrected chi connectivity index (χ2v) is 6.36. The molecule has 7 heteroatoms. The van der Waals surface area contributed by atoms with E-state index in [2.05, 4.69) is 12.2 Å². The number of carbonyl (C=O) groups excluding carboxylic acids is 1. The molecule has 2 unspecified atom stereocenters. The minimum Gasteiger partial charge on any atom is -0.497 e. The van der Waals surface area contributed by atoms with Crippen LogP contribution in [-0.4, -0.2) is 35.4 Å². The Hall–Kier alpha value is -1.95. The van der Waals surface area contributed by atoms with E-state index in [0.717, 1.165) is 18.4 Å². The number of rotatable bonds is 4. The maximum absolute atomic E-state index is 12.1. The van der Waals surface area contributed by atoms with Crippen LogP contribution in [0.2, 0.25) is 5.02 Å².